The van der Waals surface area contributed by atoms with E-state index in [1.165, 1.54) is 5.56 Å². The van der Waals surface area contributed by atoms with Crippen molar-refractivity contribution in [2.24, 2.45) is 0 Å². The van der Waals surface area contributed by atoms with E-state index < -0.39 is 0 Å². The van der Waals surface area contributed by atoms with Gasteiger partial charge in [-0.1, -0.05) is 55.5 Å². The number of rotatable bonds is 7. The average Bonchev–Trinajstić information content (AvgIpc) is 3.31. The topological polar surface area (TPSA) is 53.5 Å². The zero-order valence-electron chi connectivity index (χ0n) is 18.4. The third-order valence-electron chi connectivity index (χ3n) is 5.91. The maximum atomic E-state index is 13.3. The Hall–Kier alpha value is -2.99. The van der Waals surface area contributed by atoms with Gasteiger partial charge in [-0.05, 0) is 37.0 Å². The predicted molar refractivity (Wildman–Crippen MR) is 128 cm³/mol. The molecule has 1 saturated heterocycles. The SMILES string of the molecule is CCCN(C(=O)c1csc(Cc2ccccc2)n1)C1CCN(C(=O)c2ccccc2)CC1. The van der Waals surface area contributed by atoms with Crippen LogP contribution >= 0.6 is 11.3 Å². The van der Waals surface area contributed by atoms with Gasteiger partial charge in [-0.2, -0.15) is 0 Å². The molecule has 0 N–H and O–H groups in total. The first-order chi connectivity index (χ1) is 15.7. The molecule has 6 heteroatoms. The number of carbonyl (C=O) groups is 2. The second kappa shape index (κ2) is 10.6. The lowest BCUT2D eigenvalue weighted by Gasteiger charge is -2.38. The normalized spacial score (nSPS) is 14.3. The lowest BCUT2D eigenvalue weighted by molar-refractivity contribution is 0.0515. The van der Waals surface area contributed by atoms with Crippen LogP contribution in [0.3, 0.4) is 0 Å². The minimum atomic E-state index is 0.00949. The number of aromatic nitrogens is 1. The van der Waals surface area contributed by atoms with Gasteiger partial charge in [0.2, 0.25) is 0 Å². The molecule has 0 radical (unpaired) electrons. The molecule has 0 bridgehead atoms. The van der Waals surface area contributed by atoms with Crippen molar-refractivity contribution in [3.05, 3.63) is 87.9 Å². The smallest absolute Gasteiger partial charge is 0.273 e. The maximum absolute atomic E-state index is 13.3. The van der Waals surface area contributed by atoms with Gasteiger partial charge in [0.1, 0.15) is 5.69 Å². The maximum Gasteiger partial charge on any atom is 0.273 e. The third-order valence-corrected chi connectivity index (χ3v) is 6.76. The number of carbonyl (C=O) groups excluding carboxylic acids is 2. The van der Waals surface area contributed by atoms with Crippen molar-refractivity contribution in [2.45, 2.75) is 38.6 Å². The van der Waals surface area contributed by atoms with Crippen molar-refractivity contribution in [3.8, 4) is 0 Å². The number of hydrogen-bond donors (Lipinski definition) is 0. The summed E-state index contributed by atoms with van der Waals surface area (Å²) in [5.74, 6) is 0.0812. The van der Waals surface area contributed by atoms with Gasteiger partial charge in [0.15, 0.2) is 0 Å². The summed E-state index contributed by atoms with van der Waals surface area (Å²) in [5, 5.41) is 2.84. The monoisotopic (exact) mass is 447 g/mol. The molecular formula is C26H29N3O2S. The minimum absolute atomic E-state index is 0.00949. The van der Waals surface area contributed by atoms with Gasteiger partial charge in [0.05, 0.1) is 5.01 Å². The Morgan fingerprint density at radius 2 is 1.69 bits per heavy atom. The highest BCUT2D eigenvalue weighted by atomic mass is 32.1. The Bertz CT molecular complexity index is 1030. The molecule has 2 amide bonds. The summed E-state index contributed by atoms with van der Waals surface area (Å²) in [4.78, 5) is 34.6. The first-order valence-corrected chi connectivity index (χ1v) is 12.2. The van der Waals surface area contributed by atoms with Crippen LogP contribution in [0.2, 0.25) is 0 Å². The molecular weight excluding hydrogens is 418 g/mol. The molecule has 5 nitrogen and oxygen atoms in total. The fourth-order valence-corrected chi connectivity index (χ4v) is 5.04. The summed E-state index contributed by atoms with van der Waals surface area (Å²) in [6, 6.07) is 19.8. The first kappa shape index (κ1) is 22.2. The number of amides is 2. The molecule has 166 valence electrons. The van der Waals surface area contributed by atoms with E-state index in [0.717, 1.165) is 36.3 Å². The van der Waals surface area contributed by atoms with Crippen LogP contribution in [-0.2, 0) is 6.42 Å². The highest BCUT2D eigenvalue weighted by Gasteiger charge is 2.31. The summed E-state index contributed by atoms with van der Waals surface area (Å²) >= 11 is 1.55. The summed E-state index contributed by atoms with van der Waals surface area (Å²) in [7, 11) is 0. The van der Waals surface area contributed by atoms with Gasteiger partial charge in [-0.3, -0.25) is 9.59 Å². The van der Waals surface area contributed by atoms with Crippen LogP contribution in [-0.4, -0.2) is 52.3 Å². The van der Waals surface area contributed by atoms with Crippen LogP contribution in [0, 0.1) is 0 Å². The Kier molecular flexibility index (Phi) is 7.32. The second-order valence-electron chi connectivity index (χ2n) is 8.18. The van der Waals surface area contributed by atoms with Gasteiger partial charge < -0.3 is 9.80 Å². The van der Waals surface area contributed by atoms with Gasteiger partial charge in [-0.25, -0.2) is 4.98 Å². The van der Waals surface area contributed by atoms with Crippen molar-refractivity contribution >= 4 is 23.2 Å². The second-order valence-corrected chi connectivity index (χ2v) is 9.12. The van der Waals surface area contributed by atoms with Crippen LogP contribution in [0.25, 0.3) is 0 Å². The number of benzene rings is 2. The molecule has 1 aliphatic heterocycles. The molecule has 0 unspecified atom stereocenters. The van der Waals surface area contributed by atoms with Crippen LogP contribution in [0.4, 0.5) is 0 Å². The van der Waals surface area contributed by atoms with Crippen molar-refractivity contribution in [1.29, 1.82) is 0 Å². The van der Waals surface area contributed by atoms with Crippen LogP contribution < -0.4 is 0 Å². The summed E-state index contributed by atoms with van der Waals surface area (Å²) < 4.78 is 0. The Morgan fingerprint density at radius 3 is 2.34 bits per heavy atom. The van der Waals surface area contributed by atoms with Crippen molar-refractivity contribution in [1.82, 2.24) is 14.8 Å². The number of nitrogens with zero attached hydrogens (tertiary/aromatic N) is 3. The van der Waals surface area contributed by atoms with E-state index in [1.807, 2.05) is 63.7 Å². The third kappa shape index (κ3) is 5.25. The fourth-order valence-electron chi connectivity index (χ4n) is 4.24. The van der Waals surface area contributed by atoms with E-state index in [1.54, 1.807) is 11.3 Å². The molecule has 3 aromatic rings. The zero-order chi connectivity index (χ0) is 22.3. The molecule has 0 atom stereocenters. The fraction of sp³-hybridized carbons (Fsp3) is 0.346. The average molecular weight is 448 g/mol. The standard InChI is InChI=1S/C26H29N3O2S/c1-2-15-29(22-13-16-28(17-14-22)25(30)21-11-7-4-8-12-21)26(31)23-19-32-24(27-23)18-20-9-5-3-6-10-20/h3-12,19,22H,2,13-18H2,1H3. The highest BCUT2D eigenvalue weighted by molar-refractivity contribution is 7.09. The molecule has 0 saturated carbocycles. The first-order valence-electron chi connectivity index (χ1n) is 11.3. The molecule has 1 fully saturated rings. The number of likely N-dealkylation sites (tertiary alicyclic amines) is 1. The Morgan fingerprint density at radius 1 is 1.03 bits per heavy atom. The predicted octanol–water partition coefficient (Wildman–Crippen LogP) is 4.89. The number of piperidine rings is 1. The van der Waals surface area contributed by atoms with E-state index in [2.05, 4.69) is 24.0 Å². The summed E-state index contributed by atoms with van der Waals surface area (Å²) in [6.45, 7) is 4.14. The van der Waals surface area contributed by atoms with E-state index in [9.17, 15) is 9.59 Å². The van der Waals surface area contributed by atoms with E-state index in [0.29, 0.717) is 25.3 Å². The van der Waals surface area contributed by atoms with Crippen LogP contribution in [0.1, 0.15) is 57.6 Å². The molecule has 1 aliphatic rings. The quantitative estimate of drug-likeness (QED) is 0.518. The van der Waals surface area contributed by atoms with Crippen molar-refractivity contribution < 1.29 is 9.59 Å². The summed E-state index contributed by atoms with van der Waals surface area (Å²) in [5.41, 5.74) is 2.46. The lowest BCUT2D eigenvalue weighted by atomic mass is 10.0. The van der Waals surface area contributed by atoms with Crippen molar-refractivity contribution in [2.75, 3.05) is 19.6 Å². The summed E-state index contributed by atoms with van der Waals surface area (Å²) in [6.07, 6.45) is 3.24. The Balaban J connectivity index is 1.39. The van der Waals surface area contributed by atoms with Crippen molar-refractivity contribution in [3.63, 3.8) is 0 Å². The molecule has 32 heavy (non-hydrogen) atoms. The lowest BCUT2D eigenvalue weighted by Crippen LogP contribution is -2.49. The van der Waals surface area contributed by atoms with Gasteiger partial charge >= 0.3 is 0 Å². The van der Waals surface area contributed by atoms with Gasteiger partial charge in [0, 0.05) is 43.0 Å². The molecule has 0 spiro atoms. The van der Waals surface area contributed by atoms with E-state index >= 15 is 0 Å². The largest absolute Gasteiger partial charge is 0.338 e. The molecule has 4 rings (SSSR count). The molecule has 1 aromatic heterocycles. The molecule has 2 heterocycles. The van der Waals surface area contributed by atoms with Gasteiger partial charge in [-0.15, -0.1) is 11.3 Å². The number of thiazole rings is 1. The van der Waals surface area contributed by atoms with Crippen LogP contribution in [0.5, 0.6) is 0 Å². The minimum Gasteiger partial charge on any atom is -0.338 e. The highest BCUT2D eigenvalue weighted by Crippen LogP contribution is 2.22. The zero-order valence-corrected chi connectivity index (χ0v) is 19.3. The number of hydrogen-bond acceptors (Lipinski definition) is 4. The van der Waals surface area contributed by atoms with Crippen LogP contribution in [0.15, 0.2) is 66.0 Å². The van der Waals surface area contributed by atoms with Gasteiger partial charge in [0.25, 0.3) is 11.8 Å². The molecule has 2 aromatic carbocycles. The molecule has 0 aliphatic carbocycles. The van der Waals surface area contributed by atoms with E-state index in [-0.39, 0.29) is 17.9 Å². The van der Waals surface area contributed by atoms with E-state index in [4.69, 9.17) is 0 Å². The Labute approximate surface area is 193 Å².